The number of hydrogen-bond acceptors (Lipinski definition) is 5. The van der Waals surface area contributed by atoms with E-state index in [1.807, 2.05) is 24.3 Å². The highest BCUT2D eigenvalue weighted by atomic mass is 16.8. The first-order chi connectivity index (χ1) is 19.1. The fourth-order valence-electron chi connectivity index (χ4n) is 5.30. The molecule has 2 atom stereocenters. The van der Waals surface area contributed by atoms with Crippen LogP contribution in [0.5, 0.6) is 11.5 Å². The Morgan fingerprint density at radius 2 is 0.846 bits per heavy atom. The smallest absolute Gasteiger partial charge is 0.265 e. The topological polar surface area (TPSA) is 34.2 Å². The third-order valence-electron chi connectivity index (χ3n) is 7.96. The van der Waals surface area contributed by atoms with Crippen LogP contribution < -0.4 is 9.47 Å². The van der Waals surface area contributed by atoms with Crippen molar-refractivity contribution in [1.29, 1.82) is 0 Å². The number of nitrogens with zero attached hydrogens (tertiary/aromatic N) is 2. The molecule has 2 bridgehead atoms. The second kappa shape index (κ2) is 22.4. The first-order valence-electron chi connectivity index (χ1n) is 16.6. The fraction of sp³-hybridized carbons (Fsp3) is 0.824. The van der Waals surface area contributed by atoms with Crippen LogP contribution in [0.4, 0.5) is 0 Å². The van der Waals surface area contributed by atoms with Crippen LogP contribution in [0.15, 0.2) is 24.3 Å². The summed E-state index contributed by atoms with van der Waals surface area (Å²) in [5.74, 6) is 1.59. The van der Waals surface area contributed by atoms with Crippen LogP contribution in [-0.2, 0) is 4.74 Å². The van der Waals surface area contributed by atoms with Crippen LogP contribution in [0.25, 0.3) is 0 Å². The molecule has 0 spiro atoms. The van der Waals surface area contributed by atoms with Crippen LogP contribution in [0, 0.1) is 0 Å². The minimum Gasteiger partial charge on any atom is -0.451 e. The number of fused-ring (bicyclic) bond motifs is 2. The summed E-state index contributed by atoms with van der Waals surface area (Å²) in [5, 5.41) is 0. The third-order valence-corrected chi connectivity index (χ3v) is 7.96. The minimum absolute atomic E-state index is 0.459. The number of benzene rings is 1. The molecule has 0 fully saturated rings. The van der Waals surface area contributed by atoms with Crippen molar-refractivity contribution < 1.29 is 14.2 Å². The number of rotatable bonds is 24. The molecular weight excluding hydrogens is 484 g/mol. The summed E-state index contributed by atoms with van der Waals surface area (Å²) in [6.45, 7) is 6.47. The minimum atomic E-state index is -0.459. The van der Waals surface area contributed by atoms with E-state index in [0.717, 1.165) is 37.4 Å². The molecule has 226 valence electrons. The van der Waals surface area contributed by atoms with Gasteiger partial charge in [-0.25, -0.2) is 9.80 Å². The van der Waals surface area contributed by atoms with E-state index in [-0.39, 0.29) is 0 Å². The van der Waals surface area contributed by atoms with Gasteiger partial charge in [0, 0.05) is 19.2 Å². The Bertz CT molecular complexity index is 648. The lowest BCUT2D eigenvalue weighted by atomic mass is 10.1. The van der Waals surface area contributed by atoms with E-state index in [9.17, 15) is 0 Å². The van der Waals surface area contributed by atoms with Gasteiger partial charge in [0.1, 0.15) is 11.5 Å². The molecule has 39 heavy (non-hydrogen) atoms. The predicted molar refractivity (Wildman–Crippen MR) is 165 cm³/mol. The van der Waals surface area contributed by atoms with Crippen LogP contribution in [-0.4, -0.2) is 49.8 Å². The lowest BCUT2D eigenvalue weighted by molar-refractivity contribution is -0.282. The monoisotopic (exact) mass is 546 g/mol. The van der Waals surface area contributed by atoms with Crippen molar-refractivity contribution in [2.45, 2.75) is 155 Å². The summed E-state index contributed by atoms with van der Waals surface area (Å²) in [6.07, 6.45) is 25.9. The van der Waals surface area contributed by atoms with Gasteiger partial charge in [-0.05, 0) is 39.1 Å². The first kappa shape index (κ1) is 33.9. The molecule has 0 radical (unpaired) electrons. The van der Waals surface area contributed by atoms with Crippen molar-refractivity contribution in [3.63, 3.8) is 0 Å². The largest absolute Gasteiger partial charge is 0.451 e. The Hall–Kier alpha value is -1.30. The molecular formula is C34H62N2O3. The molecule has 2 rings (SSSR count). The Morgan fingerprint density at radius 1 is 0.513 bits per heavy atom. The van der Waals surface area contributed by atoms with Gasteiger partial charge in [-0.15, -0.1) is 0 Å². The lowest BCUT2D eigenvalue weighted by Gasteiger charge is -2.36. The van der Waals surface area contributed by atoms with Crippen molar-refractivity contribution in [3.8, 4) is 11.5 Å². The molecule has 1 aromatic rings. The van der Waals surface area contributed by atoms with Gasteiger partial charge < -0.3 is 9.47 Å². The molecule has 1 aromatic carbocycles. The Kier molecular flexibility index (Phi) is 19.5. The molecule has 1 aliphatic heterocycles. The molecule has 0 amide bonds. The van der Waals surface area contributed by atoms with Gasteiger partial charge in [0.05, 0.1) is 0 Å². The van der Waals surface area contributed by atoms with Gasteiger partial charge in [-0.2, -0.15) is 0 Å². The van der Waals surface area contributed by atoms with E-state index in [2.05, 4.69) is 37.7 Å². The normalized spacial score (nSPS) is 17.2. The van der Waals surface area contributed by atoms with Gasteiger partial charge in [0.25, 0.3) is 12.8 Å². The van der Waals surface area contributed by atoms with E-state index < -0.39 is 12.8 Å². The van der Waals surface area contributed by atoms with Crippen molar-refractivity contribution in [2.75, 3.05) is 27.2 Å². The number of hydrogen-bond donors (Lipinski definition) is 0. The van der Waals surface area contributed by atoms with E-state index in [1.165, 1.54) is 116 Å². The molecule has 2 unspecified atom stereocenters. The lowest BCUT2D eigenvalue weighted by Crippen LogP contribution is -2.49. The van der Waals surface area contributed by atoms with Gasteiger partial charge in [-0.3, -0.25) is 4.74 Å². The molecule has 0 aromatic heterocycles. The highest BCUT2D eigenvalue weighted by Gasteiger charge is 2.28. The molecule has 5 heteroatoms. The highest BCUT2D eigenvalue weighted by molar-refractivity contribution is 5.33. The molecule has 1 heterocycles. The number of ether oxygens (including phenoxy) is 3. The van der Waals surface area contributed by atoms with Crippen molar-refractivity contribution in [1.82, 2.24) is 9.80 Å². The van der Waals surface area contributed by atoms with Gasteiger partial charge in [0.15, 0.2) is 0 Å². The number of unbranched alkanes of at least 4 members (excludes halogenated alkanes) is 18. The Balaban J connectivity index is 1.69. The average molecular weight is 547 g/mol. The van der Waals surface area contributed by atoms with E-state index in [0.29, 0.717) is 0 Å². The van der Waals surface area contributed by atoms with Gasteiger partial charge in [-0.1, -0.05) is 135 Å². The summed E-state index contributed by atoms with van der Waals surface area (Å²) in [5.41, 5.74) is 0. The maximum atomic E-state index is 6.43. The van der Waals surface area contributed by atoms with Crippen LogP contribution >= 0.6 is 0 Å². The second-order valence-electron chi connectivity index (χ2n) is 11.8. The molecule has 0 aliphatic carbocycles. The van der Waals surface area contributed by atoms with E-state index in [4.69, 9.17) is 14.2 Å². The Labute approximate surface area is 242 Å². The molecule has 0 saturated heterocycles. The summed E-state index contributed by atoms with van der Waals surface area (Å²) < 4.78 is 19.0. The quantitative estimate of drug-likeness (QED) is 0.121. The fourth-order valence-corrected chi connectivity index (χ4v) is 5.30. The third kappa shape index (κ3) is 15.9. The van der Waals surface area contributed by atoms with Crippen molar-refractivity contribution in [3.05, 3.63) is 24.3 Å². The highest BCUT2D eigenvalue weighted by Crippen LogP contribution is 2.27. The van der Waals surface area contributed by atoms with Crippen molar-refractivity contribution >= 4 is 0 Å². The molecule has 5 nitrogen and oxygen atoms in total. The van der Waals surface area contributed by atoms with Gasteiger partial charge >= 0.3 is 0 Å². The van der Waals surface area contributed by atoms with Crippen LogP contribution in [0.1, 0.15) is 142 Å². The zero-order valence-corrected chi connectivity index (χ0v) is 26.1. The zero-order valence-electron chi connectivity index (χ0n) is 26.1. The standard InChI is InChI=1S/C34H62N2O3/c1-5-7-9-11-13-15-17-19-21-23-28-35(3)33-37-31-26-25-27-32(30-31)38-34(39-33)36(4)29-24-22-20-18-16-14-12-10-8-6-2/h25-27,30,33-34H,5-24,28-29H2,1-4H3. The second-order valence-corrected chi connectivity index (χ2v) is 11.8. The Morgan fingerprint density at radius 3 is 1.21 bits per heavy atom. The van der Waals surface area contributed by atoms with Crippen LogP contribution in [0.2, 0.25) is 0 Å². The first-order valence-corrected chi connectivity index (χ1v) is 16.6. The summed E-state index contributed by atoms with van der Waals surface area (Å²) in [4.78, 5) is 4.38. The molecule has 0 N–H and O–H groups in total. The van der Waals surface area contributed by atoms with Crippen molar-refractivity contribution in [2.24, 2.45) is 0 Å². The average Bonchev–Trinajstić information content (AvgIpc) is 2.93. The van der Waals surface area contributed by atoms with Crippen LogP contribution in [0.3, 0.4) is 0 Å². The summed E-state index contributed by atoms with van der Waals surface area (Å²) in [7, 11) is 4.20. The SMILES string of the molecule is CCCCCCCCCCCCN(C)C1Oc2cccc(c2)OC(N(C)CCCCCCCCCCCC)O1. The summed E-state index contributed by atoms with van der Waals surface area (Å²) in [6, 6.07) is 7.93. The van der Waals surface area contributed by atoms with E-state index in [1.54, 1.807) is 0 Å². The molecule has 1 aliphatic rings. The summed E-state index contributed by atoms with van der Waals surface area (Å²) >= 11 is 0. The zero-order chi connectivity index (χ0) is 28.0. The van der Waals surface area contributed by atoms with Gasteiger partial charge in [0.2, 0.25) is 0 Å². The molecule has 0 saturated carbocycles. The maximum absolute atomic E-state index is 6.43. The van der Waals surface area contributed by atoms with E-state index >= 15 is 0 Å². The predicted octanol–water partition coefficient (Wildman–Crippen LogP) is 9.75. The maximum Gasteiger partial charge on any atom is 0.265 e.